The highest BCUT2D eigenvalue weighted by molar-refractivity contribution is 4.85. The zero-order valence-electron chi connectivity index (χ0n) is 10.2. The average Bonchev–Trinajstić information content (AvgIpc) is 2.58. The van der Waals surface area contributed by atoms with Crippen LogP contribution >= 0.6 is 0 Å². The van der Waals surface area contributed by atoms with Gasteiger partial charge in [0.05, 0.1) is 0 Å². The van der Waals surface area contributed by atoms with Crippen LogP contribution in [0.4, 0.5) is 0 Å². The fourth-order valence-corrected chi connectivity index (χ4v) is 2.93. The Labute approximate surface area is 93.8 Å². The van der Waals surface area contributed by atoms with Crippen molar-refractivity contribution < 1.29 is 0 Å². The van der Waals surface area contributed by atoms with Crippen LogP contribution < -0.4 is 5.32 Å². The summed E-state index contributed by atoms with van der Waals surface area (Å²) in [5, 5.41) is 3.34. The van der Waals surface area contributed by atoms with Crippen molar-refractivity contribution in [2.24, 2.45) is 0 Å². The molecule has 0 radical (unpaired) electrons. The SMILES string of the molecule is CNC(C)CN1CCCN2CCCC2C1. The molecule has 0 aliphatic carbocycles. The third-order valence-corrected chi connectivity index (χ3v) is 3.91. The number of hydrogen-bond acceptors (Lipinski definition) is 3. The molecule has 2 aliphatic rings. The van der Waals surface area contributed by atoms with E-state index >= 15 is 0 Å². The molecule has 15 heavy (non-hydrogen) atoms. The first kappa shape index (κ1) is 11.4. The van der Waals surface area contributed by atoms with Crippen molar-refractivity contribution in [1.29, 1.82) is 0 Å². The van der Waals surface area contributed by atoms with Crippen molar-refractivity contribution in [2.45, 2.75) is 38.3 Å². The lowest BCUT2D eigenvalue weighted by Gasteiger charge is -2.27. The first-order chi connectivity index (χ1) is 7.29. The molecule has 2 unspecified atom stereocenters. The zero-order valence-corrected chi connectivity index (χ0v) is 10.2. The highest BCUT2D eigenvalue weighted by atomic mass is 15.3. The van der Waals surface area contributed by atoms with Gasteiger partial charge in [-0.15, -0.1) is 0 Å². The summed E-state index contributed by atoms with van der Waals surface area (Å²) >= 11 is 0. The lowest BCUT2D eigenvalue weighted by atomic mass is 10.2. The highest BCUT2D eigenvalue weighted by Crippen LogP contribution is 2.21. The van der Waals surface area contributed by atoms with Crippen LogP contribution in [0.25, 0.3) is 0 Å². The Balaban J connectivity index is 1.85. The quantitative estimate of drug-likeness (QED) is 0.744. The minimum Gasteiger partial charge on any atom is -0.316 e. The van der Waals surface area contributed by atoms with E-state index in [4.69, 9.17) is 0 Å². The standard InChI is InChI=1S/C12H25N3/c1-11(13-2)9-14-6-4-8-15-7-3-5-12(15)10-14/h11-13H,3-10H2,1-2H3. The van der Waals surface area contributed by atoms with Crippen molar-refractivity contribution in [2.75, 3.05) is 39.8 Å². The van der Waals surface area contributed by atoms with E-state index in [2.05, 4.69) is 29.1 Å². The smallest absolute Gasteiger partial charge is 0.0223 e. The molecule has 0 aromatic carbocycles. The Morgan fingerprint density at radius 2 is 2.07 bits per heavy atom. The second-order valence-electron chi connectivity index (χ2n) is 5.13. The van der Waals surface area contributed by atoms with E-state index in [9.17, 15) is 0 Å². The van der Waals surface area contributed by atoms with Gasteiger partial charge in [-0.25, -0.2) is 0 Å². The van der Waals surface area contributed by atoms with Crippen molar-refractivity contribution in [3.05, 3.63) is 0 Å². The number of fused-ring (bicyclic) bond motifs is 1. The summed E-state index contributed by atoms with van der Waals surface area (Å²) in [6.07, 6.45) is 4.19. The number of hydrogen-bond donors (Lipinski definition) is 1. The van der Waals surface area contributed by atoms with Crippen molar-refractivity contribution in [3.8, 4) is 0 Å². The van der Waals surface area contributed by atoms with E-state index in [0.717, 1.165) is 6.04 Å². The summed E-state index contributed by atoms with van der Waals surface area (Å²) in [5.41, 5.74) is 0. The second-order valence-corrected chi connectivity index (χ2v) is 5.13. The number of rotatable bonds is 3. The maximum atomic E-state index is 3.34. The van der Waals surface area contributed by atoms with Gasteiger partial charge >= 0.3 is 0 Å². The molecule has 0 saturated carbocycles. The molecule has 0 spiro atoms. The van der Waals surface area contributed by atoms with Crippen LogP contribution in [0.3, 0.4) is 0 Å². The normalized spacial score (nSPS) is 31.2. The van der Waals surface area contributed by atoms with Gasteiger partial charge < -0.3 is 10.2 Å². The van der Waals surface area contributed by atoms with Gasteiger partial charge in [-0.1, -0.05) is 0 Å². The van der Waals surface area contributed by atoms with E-state index < -0.39 is 0 Å². The monoisotopic (exact) mass is 211 g/mol. The van der Waals surface area contributed by atoms with Crippen LogP contribution in [0.15, 0.2) is 0 Å². The number of nitrogens with zero attached hydrogens (tertiary/aromatic N) is 2. The molecular formula is C12H25N3. The van der Waals surface area contributed by atoms with E-state index in [1.54, 1.807) is 0 Å². The molecule has 2 aliphatic heterocycles. The van der Waals surface area contributed by atoms with Gasteiger partial charge in [0.15, 0.2) is 0 Å². The lowest BCUT2D eigenvalue weighted by Crippen LogP contribution is -2.42. The predicted molar refractivity (Wildman–Crippen MR) is 64.2 cm³/mol. The predicted octanol–water partition coefficient (Wildman–Crippen LogP) is 0.764. The molecule has 2 fully saturated rings. The third kappa shape index (κ3) is 2.92. The molecule has 2 rings (SSSR count). The fraction of sp³-hybridized carbons (Fsp3) is 1.00. The highest BCUT2D eigenvalue weighted by Gasteiger charge is 2.28. The lowest BCUT2D eigenvalue weighted by molar-refractivity contribution is 0.210. The van der Waals surface area contributed by atoms with Gasteiger partial charge in [0, 0.05) is 25.2 Å². The first-order valence-electron chi connectivity index (χ1n) is 6.43. The number of likely N-dealkylation sites (N-methyl/N-ethyl adjacent to an activating group) is 1. The van der Waals surface area contributed by atoms with E-state index in [1.165, 1.54) is 52.0 Å². The summed E-state index contributed by atoms with van der Waals surface area (Å²) in [7, 11) is 2.06. The summed E-state index contributed by atoms with van der Waals surface area (Å²) in [6, 6.07) is 1.48. The maximum Gasteiger partial charge on any atom is 0.0223 e. The van der Waals surface area contributed by atoms with Gasteiger partial charge in [-0.3, -0.25) is 4.90 Å². The van der Waals surface area contributed by atoms with Crippen LogP contribution in [0.2, 0.25) is 0 Å². The molecule has 1 N–H and O–H groups in total. The van der Waals surface area contributed by atoms with Crippen molar-refractivity contribution in [1.82, 2.24) is 15.1 Å². The molecule has 2 atom stereocenters. The summed E-state index contributed by atoms with van der Waals surface area (Å²) in [4.78, 5) is 5.35. The molecule has 2 heterocycles. The van der Waals surface area contributed by atoms with E-state index in [-0.39, 0.29) is 0 Å². The minimum absolute atomic E-state index is 0.623. The first-order valence-corrected chi connectivity index (χ1v) is 6.43. The maximum absolute atomic E-state index is 3.34. The zero-order chi connectivity index (χ0) is 10.7. The summed E-state index contributed by atoms with van der Waals surface area (Å²) < 4.78 is 0. The molecule has 0 bridgehead atoms. The van der Waals surface area contributed by atoms with Crippen LogP contribution in [0, 0.1) is 0 Å². The topological polar surface area (TPSA) is 18.5 Å². The second kappa shape index (κ2) is 5.28. The van der Waals surface area contributed by atoms with Gasteiger partial charge in [0.25, 0.3) is 0 Å². The van der Waals surface area contributed by atoms with Crippen molar-refractivity contribution in [3.63, 3.8) is 0 Å². The van der Waals surface area contributed by atoms with E-state index in [0.29, 0.717) is 6.04 Å². The molecule has 0 aromatic rings. The van der Waals surface area contributed by atoms with Crippen LogP contribution in [-0.4, -0.2) is 61.7 Å². The van der Waals surface area contributed by atoms with Crippen LogP contribution in [0.1, 0.15) is 26.2 Å². The van der Waals surface area contributed by atoms with Crippen LogP contribution in [-0.2, 0) is 0 Å². The van der Waals surface area contributed by atoms with Crippen molar-refractivity contribution >= 4 is 0 Å². The molecular weight excluding hydrogens is 186 g/mol. The minimum atomic E-state index is 0.623. The molecule has 3 nitrogen and oxygen atoms in total. The Morgan fingerprint density at radius 1 is 1.27 bits per heavy atom. The number of nitrogens with one attached hydrogen (secondary N) is 1. The molecule has 88 valence electrons. The molecule has 3 heteroatoms. The fourth-order valence-electron chi connectivity index (χ4n) is 2.93. The average molecular weight is 211 g/mol. The Bertz CT molecular complexity index is 195. The van der Waals surface area contributed by atoms with Gasteiger partial charge in [0.1, 0.15) is 0 Å². The molecule has 0 aromatic heterocycles. The summed E-state index contributed by atoms with van der Waals surface area (Å²) in [5.74, 6) is 0. The summed E-state index contributed by atoms with van der Waals surface area (Å²) in [6.45, 7) is 8.75. The Kier molecular flexibility index (Phi) is 4.00. The van der Waals surface area contributed by atoms with Gasteiger partial charge in [-0.2, -0.15) is 0 Å². The van der Waals surface area contributed by atoms with Crippen LogP contribution in [0.5, 0.6) is 0 Å². The molecule has 2 saturated heterocycles. The van der Waals surface area contributed by atoms with E-state index in [1.807, 2.05) is 0 Å². The Morgan fingerprint density at radius 3 is 2.87 bits per heavy atom. The largest absolute Gasteiger partial charge is 0.316 e. The Hall–Kier alpha value is -0.120. The molecule has 0 amide bonds. The van der Waals surface area contributed by atoms with Gasteiger partial charge in [0.2, 0.25) is 0 Å². The van der Waals surface area contributed by atoms with Gasteiger partial charge in [-0.05, 0) is 52.9 Å². The third-order valence-electron chi connectivity index (χ3n) is 3.91.